The van der Waals surface area contributed by atoms with E-state index in [1.165, 1.54) is 11.1 Å². The number of carbonyl (C=O) groups is 1. The van der Waals surface area contributed by atoms with Crippen molar-refractivity contribution in [2.24, 2.45) is 7.05 Å². The molecule has 0 saturated carbocycles. The fourth-order valence-electron chi connectivity index (χ4n) is 3.30. The fraction of sp³-hybridized carbons (Fsp3) is 0.238. The molecule has 26 heavy (non-hydrogen) atoms. The van der Waals surface area contributed by atoms with Gasteiger partial charge in [0.1, 0.15) is 17.9 Å². The van der Waals surface area contributed by atoms with Crippen LogP contribution in [-0.4, -0.2) is 15.7 Å². The highest BCUT2D eigenvalue weighted by atomic mass is 16.6. The minimum atomic E-state index is -0.165. The number of benzene rings is 2. The van der Waals surface area contributed by atoms with E-state index in [-0.39, 0.29) is 18.1 Å². The summed E-state index contributed by atoms with van der Waals surface area (Å²) in [5.74, 6) is -0.165. The molecule has 2 atom stereocenters. The van der Waals surface area contributed by atoms with Crippen molar-refractivity contribution in [2.75, 3.05) is 5.32 Å². The summed E-state index contributed by atoms with van der Waals surface area (Å²) >= 11 is 0. The summed E-state index contributed by atoms with van der Waals surface area (Å²) in [6, 6.07) is 16.1. The monoisotopic (exact) mass is 347 g/mol. The number of nitrogens with zero attached hydrogens (tertiary/aromatic N) is 2. The molecule has 0 bridgehead atoms. The number of epoxide rings is 1. The van der Waals surface area contributed by atoms with Gasteiger partial charge in [-0.25, -0.2) is 0 Å². The van der Waals surface area contributed by atoms with Crippen LogP contribution in [0.15, 0.2) is 54.7 Å². The molecule has 0 aliphatic carbocycles. The molecule has 1 amide bonds. The normalized spacial score (nSPS) is 18.6. The van der Waals surface area contributed by atoms with Gasteiger partial charge in [-0.1, -0.05) is 36.4 Å². The molecule has 1 aromatic heterocycles. The first-order chi connectivity index (χ1) is 12.5. The molecule has 4 rings (SSSR count). The van der Waals surface area contributed by atoms with Crippen molar-refractivity contribution in [3.05, 3.63) is 82.7 Å². The molecule has 1 fully saturated rings. The second-order valence-electron chi connectivity index (χ2n) is 6.70. The van der Waals surface area contributed by atoms with Gasteiger partial charge in [-0.3, -0.25) is 9.48 Å². The number of nitrogens with one attached hydrogen (secondary N) is 1. The van der Waals surface area contributed by atoms with Crippen LogP contribution in [0.3, 0.4) is 0 Å². The van der Waals surface area contributed by atoms with Crippen LogP contribution in [0.5, 0.6) is 0 Å². The molecular formula is C21H21N3O2. The standard InChI is InChI=1S/C21H21N3O2/c1-13-6-4-5-7-16(13)20-19(26-20)15-8-9-17(14(2)12-15)23-21(25)18-10-11-22-24(18)3/h4-12,19-20H,1-3H3,(H,23,25). The van der Waals surface area contributed by atoms with Crippen LogP contribution in [0.1, 0.15) is 45.0 Å². The van der Waals surface area contributed by atoms with Crippen molar-refractivity contribution >= 4 is 11.6 Å². The van der Waals surface area contributed by atoms with Crippen LogP contribution in [0.2, 0.25) is 0 Å². The summed E-state index contributed by atoms with van der Waals surface area (Å²) in [7, 11) is 1.75. The van der Waals surface area contributed by atoms with E-state index < -0.39 is 0 Å². The molecule has 2 unspecified atom stereocenters. The Hall–Kier alpha value is -2.92. The van der Waals surface area contributed by atoms with E-state index in [1.54, 1.807) is 24.0 Å². The van der Waals surface area contributed by atoms with Gasteiger partial charge in [-0.05, 0) is 48.2 Å². The topological polar surface area (TPSA) is 59.4 Å². The number of aryl methyl sites for hydroxylation is 3. The van der Waals surface area contributed by atoms with Gasteiger partial charge >= 0.3 is 0 Å². The Morgan fingerprint density at radius 1 is 1.08 bits per heavy atom. The van der Waals surface area contributed by atoms with Gasteiger partial charge in [0.2, 0.25) is 0 Å². The lowest BCUT2D eigenvalue weighted by atomic mass is 9.99. The molecular weight excluding hydrogens is 326 g/mol. The molecule has 1 saturated heterocycles. The highest BCUT2D eigenvalue weighted by Gasteiger charge is 2.42. The molecule has 1 N–H and O–H groups in total. The molecule has 1 aliphatic heterocycles. The van der Waals surface area contributed by atoms with Crippen LogP contribution >= 0.6 is 0 Å². The third-order valence-electron chi connectivity index (χ3n) is 4.87. The molecule has 3 aromatic rings. The molecule has 5 heteroatoms. The third-order valence-corrected chi connectivity index (χ3v) is 4.87. The largest absolute Gasteiger partial charge is 0.359 e. The summed E-state index contributed by atoms with van der Waals surface area (Å²) in [4.78, 5) is 12.4. The van der Waals surface area contributed by atoms with Gasteiger partial charge in [-0.15, -0.1) is 0 Å². The molecule has 2 aromatic carbocycles. The lowest BCUT2D eigenvalue weighted by Crippen LogP contribution is -2.16. The van der Waals surface area contributed by atoms with E-state index in [1.807, 2.05) is 31.2 Å². The number of rotatable bonds is 4. The van der Waals surface area contributed by atoms with Gasteiger partial charge in [0, 0.05) is 18.9 Å². The van der Waals surface area contributed by atoms with Crippen molar-refractivity contribution in [3.63, 3.8) is 0 Å². The number of hydrogen-bond donors (Lipinski definition) is 1. The zero-order valence-corrected chi connectivity index (χ0v) is 15.1. The predicted octanol–water partition coefficient (Wildman–Crippen LogP) is 4.10. The van der Waals surface area contributed by atoms with Crippen molar-refractivity contribution in [2.45, 2.75) is 26.1 Å². The lowest BCUT2D eigenvalue weighted by Gasteiger charge is -2.10. The molecule has 0 radical (unpaired) electrons. The van der Waals surface area contributed by atoms with E-state index in [4.69, 9.17) is 4.74 Å². The van der Waals surface area contributed by atoms with Crippen LogP contribution < -0.4 is 5.32 Å². The molecule has 132 valence electrons. The molecule has 0 spiro atoms. The van der Waals surface area contributed by atoms with E-state index in [0.29, 0.717) is 5.69 Å². The smallest absolute Gasteiger partial charge is 0.273 e. The Morgan fingerprint density at radius 3 is 2.58 bits per heavy atom. The number of ether oxygens (including phenoxy) is 1. The Balaban J connectivity index is 1.50. The van der Waals surface area contributed by atoms with E-state index in [9.17, 15) is 4.79 Å². The van der Waals surface area contributed by atoms with E-state index >= 15 is 0 Å². The third kappa shape index (κ3) is 3.02. The number of aromatic nitrogens is 2. The van der Waals surface area contributed by atoms with Crippen molar-refractivity contribution in [3.8, 4) is 0 Å². The average molecular weight is 347 g/mol. The zero-order valence-electron chi connectivity index (χ0n) is 15.1. The van der Waals surface area contributed by atoms with Crippen LogP contribution in [-0.2, 0) is 11.8 Å². The summed E-state index contributed by atoms with van der Waals surface area (Å²) < 4.78 is 7.48. The van der Waals surface area contributed by atoms with Gasteiger partial charge in [0.15, 0.2) is 0 Å². The van der Waals surface area contributed by atoms with Gasteiger partial charge in [0.05, 0.1) is 0 Å². The summed E-state index contributed by atoms with van der Waals surface area (Å²) in [5, 5.41) is 6.98. The number of anilines is 1. The maximum absolute atomic E-state index is 12.4. The second-order valence-corrected chi connectivity index (χ2v) is 6.70. The Morgan fingerprint density at radius 2 is 1.88 bits per heavy atom. The van der Waals surface area contributed by atoms with Gasteiger partial charge < -0.3 is 10.1 Å². The number of hydrogen-bond acceptors (Lipinski definition) is 3. The number of amides is 1. The first-order valence-corrected chi connectivity index (χ1v) is 8.65. The predicted molar refractivity (Wildman–Crippen MR) is 100 cm³/mol. The summed E-state index contributed by atoms with van der Waals surface area (Å²) in [6.45, 7) is 4.10. The van der Waals surface area contributed by atoms with Gasteiger partial charge in [-0.2, -0.15) is 5.10 Å². The van der Waals surface area contributed by atoms with Crippen LogP contribution in [0, 0.1) is 13.8 Å². The highest BCUT2D eigenvalue weighted by molar-refractivity contribution is 6.03. The molecule has 1 aliphatic rings. The SMILES string of the molecule is Cc1cc(C2OC2c2ccccc2C)ccc1NC(=O)c1ccnn1C. The first kappa shape index (κ1) is 16.5. The van der Waals surface area contributed by atoms with E-state index in [0.717, 1.165) is 16.8 Å². The maximum atomic E-state index is 12.4. The second kappa shape index (κ2) is 6.42. The van der Waals surface area contributed by atoms with Crippen molar-refractivity contribution < 1.29 is 9.53 Å². The maximum Gasteiger partial charge on any atom is 0.273 e. The molecule has 5 nitrogen and oxygen atoms in total. The summed E-state index contributed by atoms with van der Waals surface area (Å²) in [5.41, 5.74) is 5.96. The minimum Gasteiger partial charge on any atom is -0.359 e. The number of carbonyl (C=O) groups excluding carboxylic acids is 1. The first-order valence-electron chi connectivity index (χ1n) is 8.65. The van der Waals surface area contributed by atoms with Crippen molar-refractivity contribution in [1.82, 2.24) is 9.78 Å². The molecule has 2 heterocycles. The van der Waals surface area contributed by atoms with Crippen LogP contribution in [0.4, 0.5) is 5.69 Å². The fourth-order valence-corrected chi connectivity index (χ4v) is 3.30. The quantitative estimate of drug-likeness (QED) is 0.723. The minimum absolute atomic E-state index is 0.0802. The Bertz CT molecular complexity index is 977. The van der Waals surface area contributed by atoms with E-state index in [2.05, 4.69) is 35.5 Å². The van der Waals surface area contributed by atoms with Crippen molar-refractivity contribution in [1.29, 1.82) is 0 Å². The average Bonchev–Trinajstić information content (AvgIpc) is 3.30. The Labute approximate surface area is 152 Å². The lowest BCUT2D eigenvalue weighted by molar-refractivity contribution is 0.101. The highest BCUT2D eigenvalue weighted by Crippen LogP contribution is 2.52. The zero-order chi connectivity index (χ0) is 18.3. The van der Waals surface area contributed by atoms with Crippen LogP contribution in [0.25, 0.3) is 0 Å². The Kier molecular flexibility index (Phi) is 4.09. The summed E-state index contributed by atoms with van der Waals surface area (Å²) in [6.07, 6.45) is 1.81. The van der Waals surface area contributed by atoms with Gasteiger partial charge in [0.25, 0.3) is 5.91 Å².